The highest BCUT2D eigenvalue weighted by Crippen LogP contribution is 2.33. The van der Waals surface area contributed by atoms with Gasteiger partial charge in [0, 0.05) is 14.9 Å². The van der Waals surface area contributed by atoms with E-state index < -0.39 is 10.1 Å². The van der Waals surface area contributed by atoms with Gasteiger partial charge in [-0.25, -0.2) is 0 Å². The van der Waals surface area contributed by atoms with Gasteiger partial charge in [-0.2, -0.15) is 8.42 Å². The average molecular weight is 348 g/mol. The van der Waals surface area contributed by atoms with Gasteiger partial charge in [0.2, 0.25) is 0 Å². The molecule has 0 aliphatic heterocycles. The van der Waals surface area contributed by atoms with Gasteiger partial charge in [0.1, 0.15) is 0 Å². The molecular formula is C9H9BrCl2O3S. The zero-order valence-corrected chi connectivity index (χ0v) is 11.9. The van der Waals surface area contributed by atoms with Crippen molar-refractivity contribution < 1.29 is 13.0 Å². The monoisotopic (exact) mass is 346 g/mol. The Morgan fingerprint density at radius 1 is 1.38 bits per heavy atom. The third-order valence-corrected chi connectivity index (χ3v) is 4.19. The van der Waals surface area contributed by atoms with Crippen LogP contribution in [0.25, 0.3) is 0 Å². The lowest BCUT2D eigenvalue weighted by Crippen LogP contribution is -2.06. The number of hydrogen-bond acceptors (Lipinski definition) is 2. The van der Waals surface area contributed by atoms with Gasteiger partial charge in [-0.05, 0) is 24.1 Å². The Labute approximate surface area is 113 Å². The highest BCUT2D eigenvalue weighted by atomic mass is 79.9. The molecule has 0 unspecified atom stereocenters. The van der Waals surface area contributed by atoms with Crippen LogP contribution in [0.1, 0.15) is 16.8 Å². The van der Waals surface area contributed by atoms with Crippen molar-refractivity contribution in [2.75, 3.05) is 5.75 Å². The summed E-state index contributed by atoms with van der Waals surface area (Å²) < 4.78 is 29.8. The fraction of sp³-hybridized carbons (Fsp3) is 0.333. The van der Waals surface area contributed by atoms with Gasteiger partial charge in [-0.15, -0.1) is 0 Å². The largest absolute Gasteiger partial charge is 0.286 e. The third kappa shape index (κ3) is 4.59. The first-order chi connectivity index (χ1) is 7.29. The second kappa shape index (κ2) is 5.69. The average Bonchev–Trinajstić information content (AvgIpc) is 2.13. The molecular weight excluding hydrogens is 339 g/mol. The van der Waals surface area contributed by atoms with Gasteiger partial charge < -0.3 is 0 Å². The molecule has 7 heteroatoms. The molecule has 0 bridgehead atoms. The minimum absolute atomic E-state index is 0.236. The summed E-state index contributed by atoms with van der Waals surface area (Å²) in [7, 11) is -3.95. The molecule has 3 nitrogen and oxygen atoms in total. The van der Waals surface area contributed by atoms with Gasteiger partial charge in [-0.3, -0.25) is 4.55 Å². The molecule has 0 saturated heterocycles. The number of halogens is 3. The van der Waals surface area contributed by atoms with Gasteiger partial charge in [0.25, 0.3) is 10.1 Å². The molecule has 0 aliphatic rings. The molecule has 0 saturated carbocycles. The molecule has 1 rings (SSSR count). The standard InChI is InChI=1S/C9H9BrCl2O3S/c10-8(3-4-16(13,14)15)7-2-1-6(11)5-9(7)12/h1-2,5,8H,3-4H2,(H,13,14,15)/t8-/m0/s1. The van der Waals surface area contributed by atoms with Crippen LogP contribution >= 0.6 is 39.1 Å². The smallest absolute Gasteiger partial charge is 0.264 e. The molecule has 0 radical (unpaired) electrons. The Bertz CT molecular complexity index is 476. The number of alkyl halides is 1. The van der Waals surface area contributed by atoms with Crippen molar-refractivity contribution in [2.45, 2.75) is 11.2 Å². The maximum absolute atomic E-state index is 10.6. The minimum atomic E-state index is -3.95. The van der Waals surface area contributed by atoms with E-state index in [1.165, 1.54) is 0 Å². The minimum Gasteiger partial charge on any atom is -0.286 e. The van der Waals surface area contributed by atoms with Gasteiger partial charge in [0.05, 0.1) is 5.75 Å². The Hall–Kier alpha value is 0.190. The van der Waals surface area contributed by atoms with E-state index >= 15 is 0 Å². The van der Waals surface area contributed by atoms with Crippen molar-refractivity contribution in [2.24, 2.45) is 0 Å². The van der Waals surface area contributed by atoms with Crippen molar-refractivity contribution in [3.8, 4) is 0 Å². The zero-order chi connectivity index (χ0) is 12.3. The van der Waals surface area contributed by atoms with E-state index in [0.29, 0.717) is 10.0 Å². The maximum atomic E-state index is 10.6. The summed E-state index contributed by atoms with van der Waals surface area (Å²) in [6, 6.07) is 4.97. The van der Waals surface area contributed by atoms with E-state index in [4.69, 9.17) is 27.8 Å². The summed E-state index contributed by atoms with van der Waals surface area (Å²) in [5.74, 6) is -0.318. The third-order valence-electron chi connectivity index (χ3n) is 1.93. The number of rotatable bonds is 4. The van der Waals surface area contributed by atoms with E-state index in [1.807, 2.05) is 0 Å². The summed E-state index contributed by atoms with van der Waals surface area (Å²) in [5.41, 5.74) is 0.745. The van der Waals surface area contributed by atoms with Crippen LogP contribution in [-0.4, -0.2) is 18.7 Å². The number of hydrogen-bond donors (Lipinski definition) is 1. The van der Waals surface area contributed by atoms with Gasteiger partial charge >= 0.3 is 0 Å². The van der Waals surface area contributed by atoms with E-state index in [2.05, 4.69) is 15.9 Å². The van der Waals surface area contributed by atoms with Crippen LogP contribution in [0.15, 0.2) is 18.2 Å². The topological polar surface area (TPSA) is 54.4 Å². The quantitative estimate of drug-likeness (QED) is 0.667. The molecule has 0 aromatic heterocycles. The van der Waals surface area contributed by atoms with Crippen molar-refractivity contribution in [3.05, 3.63) is 33.8 Å². The Morgan fingerprint density at radius 2 is 2.00 bits per heavy atom. The summed E-state index contributed by atoms with van der Waals surface area (Å²) >= 11 is 15.0. The zero-order valence-electron chi connectivity index (χ0n) is 8.03. The molecule has 0 amide bonds. The predicted molar refractivity (Wildman–Crippen MR) is 69.2 cm³/mol. The normalized spacial score (nSPS) is 13.8. The highest BCUT2D eigenvalue weighted by Gasteiger charge is 2.15. The van der Waals surface area contributed by atoms with Crippen LogP contribution in [0.5, 0.6) is 0 Å². The van der Waals surface area contributed by atoms with E-state index in [9.17, 15) is 8.42 Å². The Balaban J connectivity index is 2.77. The lowest BCUT2D eigenvalue weighted by atomic mass is 10.1. The van der Waals surface area contributed by atoms with Crippen LogP contribution in [0.4, 0.5) is 0 Å². The van der Waals surface area contributed by atoms with Crippen LogP contribution in [-0.2, 0) is 10.1 Å². The second-order valence-corrected chi connectivity index (χ2v) is 6.73. The van der Waals surface area contributed by atoms with E-state index in [1.54, 1.807) is 18.2 Å². The van der Waals surface area contributed by atoms with Gasteiger partial charge in [-0.1, -0.05) is 45.2 Å². The summed E-state index contributed by atoms with van der Waals surface area (Å²) in [6.45, 7) is 0. The molecule has 90 valence electrons. The van der Waals surface area contributed by atoms with Crippen LogP contribution in [0.3, 0.4) is 0 Å². The van der Waals surface area contributed by atoms with Crippen molar-refractivity contribution in [1.29, 1.82) is 0 Å². The van der Waals surface area contributed by atoms with Crippen molar-refractivity contribution >= 4 is 49.2 Å². The first kappa shape index (κ1) is 14.3. The first-order valence-electron chi connectivity index (χ1n) is 4.34. The molecule has 1 aromatic rings. The fourth-order valence-corrected chi connectivity index (χ4v) is 3.30. The summed E-state index contributed by atoms with van der Waals surface area (Å²) in [5, 5.41) is 0.980. The lowest BCUT2D eigenvalue weighted by Gasteiger charge is -2.11. The second-order valence-electron chi connectivity index (χ2n) is 3.21. The first-order valence-corrected chi connectivity index (χ1v) is 7.62. The van der Waals surface area contributed by atoms with E-state index in [-0.39, 0.29) is 17.0 Å². The molecule has 1 atom stereocenters. The molecule has 16 heavy (non-hydrogen) atoms. The molecule has 0 spiro atoms. The Morgan fingerprint density at radius 3 is 2.50 bits per heavy atom. The van der Waals surface area contributed by atoms with Crippen molar-refractivity contribution in [3.63, 3.8) is 0 Å². The van der Waals surface area contributed by atoms with Crippen LogP contribution < -0.4 is 0 Å². The SMILES string of the molecule is O=S(=O)(O)CC[C@H](Br)c1ccc(Cl)cc1Cl. The molecule has 0 heterocycles. The predicted octanol–water partition coefficient (Wildman–Crippen LogP) is 3.71. The molecule has 1 N–H and O–H groups in total. The molecule has 1 aromatic carbocycles. The van der Waals surface area contributed by atoms with Crippen molar-refractivity contribution in [1.82, 2.24) is 0 Å². The maximum Gasteiger partial charge on any atom is 0.264 e. The lowest BCUT2D eigenvalue weighted by molar-refractivity contribution is 0.481. The summed E-state index contributed by atoms with van der Waals surface area (Å²) in [6.07, 6.45) is 0.236. The van der Waals surface area contributed by atoms with Crippen LogP contribution in [0.2, 0.25) is 10.0 Å². The highest BCUT2D eigenvalue weighted by molar-refractivity contribution is 9.09. The Kier molecular flexibility index (Phi) is 5.07. The number of benzene rings is 1. The molecule has 0 aliphatic carbocycles. The van der Waals surface area contributed by atoms with Crippen LogP contribution in [0, 0.1) is 0 Å². The molecule has 0 fully saturated rings. The van der Waals surface area contributed by atoms with Gasteiger partial charge in [0.15, 0.2) is 0 Å². The van der Waals surface area contributed by atoms with E-state index in [0.717, 1.165) is 5.56 Å². The fourth-order valence-electron chi connectivity index (χ4n) is 1.16. The summed E-state index contributed by atoms with van der Waals surface area (Å²) in [4.78, 5) is -0.237.